The lowest BCUT2D eigenvalue weighted by atomic mass is 10.0. The quantitative estimate of drug-likeness (QED) is 0.590. The van der Waals surface area contributed by atoms with E-state index >= 15 is 0 Å². The summed E-state index contributed by atoms with van der Waals surface area (Å²) in [5.41, 5.74) is 0. The van der Waals surface area contributed by atoms with Crippen LogP contribution in [-0.4, -0.2) is 65.4 Å². The van der Waals surface area contributed by atoms with Gasteiger partial charge in [0.25, 0.3) is 0 Å². The summed E-state index contributed by atoms with van der Waals surface area (Å²) in [4.78, 5) is 35.9. The van der Waals surface area contributed by atoms with Crippen molar-refractivity contribution in [3.63, 3.8) is 0 Å². The summed E-state index contributed by atoms with van der Waals surface area (Å²) in [5, 5.41) is 20.0. The zero-order valence-electron chi connectivity index (χ0n) is 11.4. The molecule has 1 fully saturated rings. The van der Waals surface area contributed by atoms with Crippen molar-refractivity contribution >= 4 is 18.0 Å². The van der Waals surface area contributed by atoms with Crippen molar-refractivity contribution in [3.05, 3.63) is 0 Å². The van der Waals surface area contributed by atoms with Crippen molar-refractivity contribution < 1.29 is 29.3 Å². The van der Waals surface area contributed by atoms with Gasteiger partial charge >= 0.3 is 18.0 Å². The number of nitrogens with zero attached hydrogens (tertiary/aromatic N) is 1. The van der Waals surface area contributed by atoms with Crippen molar-refractivity contribution in [2.75, 3.05) is 20.3 Å². The Balaban J connectivity index is 2.71. The van der Waals surface area contributed by atoms with E-state index in [0.29, 0.717) is 13.0 Å². The molecule has 0 aromatic rings. The second-order valence-corrected chi connectivity index (χ2v) is 4.58. The fourth-order valence-corrected chi connectivity index (χ4v) is 2.17. The summed E-state index contributed by atoms with van der Waals surface area (Å²) in [6.07, 6.45) is 1.97. The number of nitrogens with one attached hydrogen (secondary N) is 1. The van der Waals surface area contributed by atoms with E-state index in [9.17, 15) is 14.4 Å². The molecule has 20 heavy (non-hydrogen) atoms. The molecule has 0 aromatic heterocycles. The number of carbonyl (C=O) groups excluding carboxylic acids is 2. The number of esters is 1. The maximum absolute atomic E-state index is 12.1. The van der Waals surface area contributed by atoms with Crippen LogP contribution >= 0.6 is 0 Å². The zero-order chi connectivity index (χ0) is 15.1. The lowest BCUT2D eigenvalue weighted by Gasteiger charge is -2.34. The smallest absolute Gasteiger partial charge is 0.328 e. The van der Waals surface area contributed by atoms with Crippen LogP contribution in [0.1, 0.15) is 25.7 Å². The summed E-state index contributed by atoms with van der Waals surface area (Å²) in [6, 6.07) is -2.48. The molecule has 0 bridgehead atoms. The number of carbonyl (C=O) groups is 3. The largest absolute Gasteiger partial charge is 0.480 e. The molecule has 1 unspecified atom stereocenters. The third-order valence-corrected chi connectivity index (χ3v) is 3.25. The number of ether oxygens (including phenoxy) is 1. The average molecular weight is 288 g/mol. The normalized spacial score (nSPS) is 20.1. The Morgan fingerprint density at radius 1 is 1.40 bits per heavy atom. The monoisotopic (exact) mass is 288 g/mol. The van der Waals surface area contributed by atoms with Gasteiger partial charge in [-0.3, -0.25) is 0 Å². The Hall–Kier alpha value is -1.83. The van der Waals surface area contributed by atoms with Crippen LogP contribution in [0.2, 0.25) is 0 Å². The minimum Gasteiger partial charge on any atom is -0.480 e. The van der Waals surface area contributed by atoms with Gasteiger partial charge in [0.1, 0.15) is 12.1 Å². The van der Waals surface area contributed by atoms with E-state index in [2.05, 4.69) is 10.1 Å². The van der Waals surface area contributed by atoms with E-state index < -0.39 is 30.1 Å². The van der Waals surface area contributed by atoms with E-state index in [0.717, 1.165) is 12.8 Å². The Kier molecular flexibility index (Phi) is 6.23. The second kappa shape index (κ2) is 7.68. The molecule has 1 aliphatic heterocycles. The lowest BCUT2D eigenvalue weighted by Crippen LogP contribution is -2.55. The first-order chi connectivity index (χ1) is 9.51. The highest BCUT2D eigenvalue weighted by atomic mass is 16.5. The van der Waals surface area contributed by atoms with E-state index in [-0.39, 0.29) is 13.0 Å². The van der Waals surface area contributed by atoms with Gasteiger partial charge in [-0.1, -0.05) is 0 Å². The maximum Gasteiger partial charge on any atom is 0.328 e. The van der Waals surface area contributed by atoms with Gasteiger partial charge in [0.15, 0.2) is 0 Å². The minimum absolute atomic E-state index is 0.0855. The van der Waals surface area contributed by atoms with Crippen LogP contribution in [0.15, 0.2) is 0 Å². The summed E-state index contributed by atoms with van der Waals surface area (Å²) in [6.45, 7) is 0.0226. The standard InChI is InChI=1S/C12H20N2O6/c1-20-11(18)9-4-2-3-6-14(9)12(19)13-8(5-7-15)10(16)17/h8-9,15H,2-7H2,1H3,(H,13,19)(H,16,17)/t8-,9?/m0/s1. The van der Waals surface area contributed by atoms with Crippen molar-refractivity contribution in [2.24, 2.45) is 0 Å². The summed E-state index contributed by atoms with van der Waals surface area (Å²) >= 11 is 0. The van der Waals surface area contributed by atoms with Crippen LogP contribution < -0.4 is 5.32 Å². The SMILES string of the molecule is COC(=O)C1CCCCN1C(=O)N[C@@H](CCO)C(=O)O. The van der Waals surface area contributed by atoms with Gasteiger partial charge in [-0.15, -0.1) is 0 Å². The van der Waals surface area contributed by atoms with Gasteiger partial charge in [-0.25, -0.2) is 14.4 Å². The predicted molar refractivity (Wildman–Crippen MR) is 68.0 cm³/mol. The van der Waals surface area contributed by atoms with E-state index in [4.69, 9.17) is 10.2 Å². The Morgan fingerprint density at radius 2 is 2.10 bits per heavy atom. The number of carboxylic acids is 1. The zero-order valence-corrected chi connectivity index (χ0v) is 11.4. The van der Waals surface area contributed by atoms with Crippen molar-refractivity contribution in [1.29, 1.82) is 0 Å². The molecule has 0 aromatic carbocycles. The molecule has 1 saturated heterocycles. The van der Waals surface area contributed by atoms with Gasteiger partial charge < -0.3 is 25.2 Å². The van der Waals surface area contributed by atoms with Gasteiger partial charge in [0, 0.05) is 19.6 Å². The Labute approximate surface area is 116 Å². The van der Waals surface area contributed by atoms with E-state index in [1.54, 1.807) is 0 Å². The van der Waals surface area contributed by atoms with Crippen LogP contribution in [0, 0.1) is 0 Å². The topological polar surface area (TPSA) is 116 Å². The number of aliphatic hydroxyl groups excluding tert-OH is 1. The average Bonchev–Trinajstić information content (AvgIpc) is 2.45. The number of carboxylic acid groups (broad SMARTS) is 1. The molecule has 2 amide bonds. The van der Waals surface area contributed by atoms with Gasteiger partial charge in [0.2, 0.25) is 0 Å². The number of hydrogen-bond acceptors (Lipinski definition) is 5. The number of urea groups is 1. The number of aliphatic carboxylic acids is 1. The first-order valence-corrected chi connectivity index (χ1v) is 6.50. The highest BCUT2D eigenvalue weighted by Gasteiger charge is 2.34. The van der Waals surface area contributed by atoms with Crippen LogP contribution in [0.3, 0.4) is 0 Å². The summed E-state index contributed by atoms with van der Waals surface area (Å²) in [7, 11) is 1.25. The molecule has 1 aliphatic rings. The predicted octanol–water partition coefficient (Wildman–Crippen LogP) is -0.441. The van der Waals surface area contributed by atoms with Crippen LogP contribution in [0.4, 0.5) is 4.79 Å². The molecular weight excluding hydrogens is 268 g/mol. The number of rotatable bonds is 5. The van der Waals surface area contributed by atoms with Crippen molar-refractivity contribution in [1.82, 2.24) is 10.2 Å². The highest BCUT2D eigenvalue weighted by Crippen LogP contribution is 2.18. The minimum atomic E-state index is -1.22. The number of piperidine rings is 1. The molecule has 1 heterocycles. The molecule has 3 N–H and O–H groups in total. The van der Waals surface area contributed by atoms with Crippen molar-refractivity contribution in [2.45, 2.75) is 37.8 Å². The molecule has 0 aliphatic carbocycles. The van der Waals surface area contributed by atoms with Gasteiger partial charge in [-0.2, -0.15) is 0 Å². The lowest BCUT2D eigenvalue weighted by molar-refractivity contribution is -0.146. The fraction of sp³-hybridized carbons (Fsp3) is 0.750. The molecule has 1 rings (SSSR count). The first kappa shape index (κ1) is 16.2. The van der Waals surface area contributed by atoms with Gasteiger partial charge in [0.05, 0.1) is 7.11 Å². The Morgan fingerprint density at radius 3 is 2.65 bits per heavy atom. The number of hydrogen-bond donors (Lipinski definition) is 3. The molecule has 0 radical (unpaired) electrons. The molecule has 114 valence electrons. The van der Waals surface area contributed by atoms with Crippen molar-refractivity contribution in [3.8, 4) is 0 Å². The first-order valence-electron chi connectivity index (χ1n) is 6.50. The molecule has 8 nitrogen and oxygen atoms in total. The molecule has 8 heteroatoms. The van der Waals surface area contributed by atoms with E-state index in [1.165, 1.54) is 12.0 Å². The third kappa shape index (κ3) is 4.09. The fourth-order valence-electron chi connectivity index (χ4n) is 2.17. The Bertz CT molecular complexity index is 373. The van der Waals surface area contributed by atoms with Crippen LogP contribution in [0.5, 0.6) is 0 Å². The number of aliphatic hydroxyl groups is 1. The highest BCUT2D eigenvalue weighted by molar-refractivity contribution is 5.86. The van der Waals surface area contributed by atoms with Crippen LogP contribution in [-0.2, 0) is 14.3 Å². The second-order valence-electron chi connectivity index (χ2n) is 4.58. The number of likely N-dealkylation sites (tertiary alicyclic amines) is 1. The summed E-state index contributed by atoms with van der Waals surface area (Å²) in [5.74, 6) is -1.73. The third-order valence-electron chi connectivity index (χ3n) is 3.25. The maximum atomic E-state index is 12.1. The molecular formula is C12H20N2O6. The van der Waals surface area contributed by atoms with E-state index in [1.807, 2.05) is 0 Å². The molecule has 0 spiro atoms. The molecule has 0 saturated carbocycles. The summed E-state index contributed by atoms with van der Waals surface area (Å²) < 4.78 is 4.65. The molecule has 2 atom stereocenters. The number of methoxy groups -OCH3 is 1. The van der Waals surface area contributed by atoms with Crippen LogP contribution in [0.25, 0.3) is 0 Å². The van der Waals surface area contributed by atoms with Gasteiger partial charge in [-0.05, 0) is 19.3 Å². The number of amides is 2.